The van der Waals surface area contributed by atoms with Gasteiger partial charge in [0, 0.05) is 24.0 Å². The summed E-state index contributed by atoms with van der Waals surface area (Å²) in [7, 11) is 2.06. The summed E-state index contributed by atoms with van der Waals surface area (Å²) in [5.74, 6) is 0.670. The normalized spacial score (nSPS) is 10.9. The van der Waals surface area contributed by atoms with Crippen molar-refractivity contribution in [2.45, 2.75) is 13.5 Å². The van der Waals surface area contributed by atoms with Gasteiger partial charge in [0.15, 0.2) is 0 Å². The van der Waals surface area contributed by atoms with Crippen LogP contribution in [0.15, 0.2) is 18.2 Å². The molecule has 1 aromatic rings. The highest BCUT2D eigenvalue weighted by Crippen LogP contribution is 2.16. The lowest BCUT2D eigenvalue weighted by atomic mass is 10.1. The largest absolute Gasteiger partial charge is 0.301 e. The highest BCUT2D eigenvalue weighted by atomic mass is 35.5. The first-order valence-electron chi connectivity index (χ1n) is 4.63. The van der Waals surface area contributed by atoms with Gasteiger partial charge in [-0.1, -0.05) is 23.7 Å². The minimum atomic E-state index is 0.670. The van der Waals surface area contributed by atoms with Crippen LogP contribution in [0.4, 0.5) is 0 Å². The summed E-state index contributed by atoms with van der Waals surface area (Å²) in [6.45, 7) is 3.85. The first-order valence-corrected chi connectivity index (χ1v) is 5.54. The Balaban J connectivity index is 2.63. The molecular formula is C11H15Cl2N. The molecule has 1 aromatic carbocycles. The van der Waals surface area contributed by atoms with Crippen molar-refractivity contribution >= 4 is 23.2 Å². The van der Waals surface area contributed by atoms with E-state index >= 15 is 0 Å². The van der Waals surface area contributed by atoms with Gasteiger partial charge in [-0.15, -0.1) is 11.6 Å². The molecule has 0 aliphatic carbocycles. The topological polar surface area (TPSA) is 3.24 Å². The number of alkyl halides is 1. The van der Waals surface area contributed by atoms with Gasteiger partial charge in [-0.25, -0.2) is 0 Å². The molecule has 0 aliphatic heterocycles. The summed E-state index contributed by atoms with van der Waals surface area (Å²) < 4.78 is 0. The Kier molecular flexibility index (Phi) is 4.73. The molecule has 0 saturated heterocycles. The molecule has 0 heterocycles. The van der Waals surface area contributed by atoms with Gasteiger partial charge in [0.05, 0.1) is 0 Å². The Morgan fingerprint density at radius 3 is 2.64 bits per heavy atom. The summed E-state index contributed by atoms with van der Waals surface area (Å²) in [6.07, 6.45) is 0. The van der Waals surface area contributed by atoms with Gasteiger partial charge in [-0.3, -0.25) is 0 Å². The molecule has 1 nitrogen and oxygen atoms in total. The van der Waals surface area contributed by atoms with Crippen LogP contribution in [0.5, 0.6) is 0 Å². The molecule has 14 heavy (non-hydrogen) atoms. The van der Waals surface area contributed by atoms with Crippen molar-refractivity contribution < 1.29 is 0 Å². The maximum atomic E-state index is 5.94. The van der Waals surface area contributed by atoms with Gasteiger partial charge in [0.1, 0.15) is 0 Å². The zero-order valence-corrected chi connectivity index (χ0v) is 10.1. The summed E-state index contributed by atoms with van der Waals surface area (Å²) in [5.41, 5.74) is 2.41. The molecular weight excluding hydrogens is 217 g/mol. The van der Waals surface area contributed by atoms with E-state index in [1.54, 1.807) is 0 Å². The van der Waals surface area contributed by atoms with Crippen LogP contribution in [0.3, 0.4) is 0 Å². The van der Waals surface area contributed by atoms with Crippen LogP contribution < -0.4 is 0 Å². The second-order valence-corrected chi connectivity index (χ2v) is 4.30. The third-order valence-corrected chi connectivity index (χ3v) is 2.73. The fourth-order valence-electron chi connectivity index (χ4n) is 1.34. The second kappa shape index (κ2) is 5.59. The summed E-state index contributed by atoms with van der Waals surface area (Å²) in [5, 5.41) is 0.828. The predicted octanol–water partition coefficient (Wildman–Crippen LogP) is 3.32. The molecule has 0 amide bonds. The van der Waals surface area contributed by atoms with Gasteiger partial charge < -0.3 is 4.90 Å². The molecule has 0 spiro atoms. The fourth-order valence-corrected chi connectivity index (χ4v) is 1.75. The lowest BCUT2D eigenvalue weighted by Gasteiger charge is -2.15. The average molecular weight is 232 g/mol. The molecule has 0 bridgehead atoms. The van der Waals surface area contributed by atoms with Crippen molar-refractivity contribution in [2.24, 2.45) is 0 Å². The van der Waals surface area contributed by atoms with Gasteiger partial charge in [0.25, 0.3) is 0 Å². The summed E-state index contributed by atoms with van der Waals surface area (Å²) in [4.78, 5) is 2.19. The van der Waals surface area contributed by atoms with Crippen molar-refractivity contribution in [1.82, 2.24) is 4.90 Å². The highest BCUT2D eigenvalue weighted by molar-refractivity contribution is 6.31. The van der Waals surface area contributed by atoms with Crippen molar-refractivity contribution in [3.63, 3.8) is 0 Å². The summed E-state index contributed by atoms with van der Waals surface area (Å²) >= 11 is 11.6. The fraction of sp³-hybridized carbons (Fsp3) is 0.455. The first kappa shape index (κ1) is 11.8. The van der Waals surface area contributed by atoms with E-state index < -0.39 is 0 Å². The third-order valence-electron chi connectivity index (χ3n) is 2.14. The number of hydrogen-bond acceptors (Lipinski definition) is 1. The Morgan fingerprint density at radius 2 is 2.07 bits per heavy atom. The minimum Gasteiger partial charge on any atom is -0.301 e. The molecule has 0 aromatic heterocycles. The SMILES string of the molecule is Cc1cc(CN(C)CCCl)ccc1Cl. The second-order valence-electron chi connectivity index (χ2n) is 3.51. The molecule has 0 saturated carbocycles. The maximum absolute atomic E-state index is 5.94. The van der Waals surface area contributed by atoms with Crippen LogP contribution >= 0.6 is 23.2 Å². The Hall–Kier alpha value is -0.240. The van der Waals surface area contributed by atoms with E-state index in [0.29, 0.717) is 5.88 Å². The van der Waals surface area contributed by atoms with E-state index in [4.69, 9.17) is 23.2 Å². The van der Waals surface area contributed by atoms with Gasteiger partial charge >= 0.3 is 0 Å². The molecule has 0 radical (unpaired) electrons. The standard InChI is InChI=1S/C11H15Cl2N/c1-9-7-10(3-4-11(9)13)8-14(2)6-5-12/h3-4,7H,5-6,8H2,1-2H3. The number of rotatable bonds is 4. The molecule has 78 valence electrons. The van der Waals surface area contributed by atoms with Crippen LogP contribution in [-0.4, -0.2) is 24.4 Å². The van der Waals surface area contributed by atoms with Crippen LogP contribution in [0.2, 0.25) is 5.02 Å². The average Bonchev–Trinajstić information content (AvgIpc) is 2.12. The number of benzene rings is 1. The van der Waals surface area contributed by atoms with Gasteiger partial charge in [-0.2, -0.15) is 0 Å². The van der Waals surface area contributed by atoms with E-state index in [9.17, 15) is 0 Å². The molecule has 3 heteroatoms. The van der Waals surface area contributed by atoms with Crippen molar-refractivity contribution in [2.75, 3.05) is 19.5 Å². The molecule has 0 aliphatic rings. The van der Waals surface area contributed by atoms with Crippen molar-refractivity contribution in [3.8, 4) is 0 Å². The number of aryl methyl sites for hydroxylation is 1. The first-order chi connectivity index (χ1) is 6.63. The monoisotopic (exact) mass is 231 g/mol. The highest BCUT2D eigenvalue weighted by Gasteiger charge is 2.01. The van der Waals surface area contributed by atoms with E-state index in [2.05, 4.69) is 24.1 Å². The van der Waals surface area contributed by atoms with Crippen molar-refractivity contribution in [1.29, 1.82) is 0 Å². The lowest BCUT2D eigenvalue weighted by molar-refractivity contribution is 0.348. The van der Waals surface area contributed by atoms with Crippen LogP contribution in [-0.2, 0) is 6.54 Å². The van der Waals surface area contributed by atoms with E-state index in [0.717, 1.165) is 23.7 Å². The molecule has 1 rings (SSSR count). The Labute approximate surface area is 95.6 Å². The van der Waals surface area contributed by atoms with E-state index in [-0.39, 0.29) is 0 Å². The number of hydrogen-bond donors (Lipinski definition) is 0. The van der Waals surface area contributed by atoms with Crippen LogP contribution in [0, 0.1) is 6.92 Å². The third kappa shape index (κ3) is 3.49. The quantitative estimate of drug-likeness (QED) is 0.720. The number of nitrogens with zero attached hydrogens (tertiary/aromatic N) is 1. The lowest BCUT2D eigenvalue weighted by Crippen LogP contribution is -2.19. The smallest absolute Gasteiger partial charge is 0.0435 e. The Bertz CT molecular complexity index is 299. The van der Waals surface area contributed by atoms with Crippen LogP contribution in [0.1, 0.15) is 11.1 Å². The maximum Gasteiger partial charge on any atom is 0.0435 e. The predicted molar refractivity (Wildman–Crippen MR) is 63.2 cm³/mol. The van der Waals surface area contributed by atoms with Crippen LogP contribution in [0.25, 0.3) is 0 Å². The summed E-state index contributed by atoms with van der Waals surface area (Å²) in [6, 6.07) is 6.12. The minimum absolute atomic E-state index is 0.670. The zero-order valence-electron chi connectivity index (χ0n) is 8.56. The van der Waals surface area contributed by atoms with Gasteiger partial charge in [-0.05, 0) is 31.2 Å². The van der Waals surface area contributed by atoms with Gasteiger partial charge in [0.2, 0.25) is 0 Å². The van der Waals surface area contributed by atoms with Crippen molar-refractivity contribution in [3.05, 3.63) is 34.3 Å². The Morgan fingerprint density at radius 1 is 1.36 bits per heavy atom. The molecule has 0 N–H and O–H groups in total. The molecule has 0 unspecified atom stereocenters. The van der Waals surface area contributed by atoms with E-state index in [1.165, 1.54) is 5.56 Å². The molecule has 0 atom stereocenters. The zero-order chi connectivity index (χ0) is 10.6. The number of halogens is 2. The van der Waals surface area contributed by atoms with E-state index in [1.807, 2.05) is 13.0 Å². The molecule has 0 fully saturated rings.